The molecule has 2 aromatic carbocycles. The number of hydrogen-bond acceptors (Lipinski definition) is 3. The molecule has 3 nitrogen and oxygen atoms in total. The van der Waals surface area contributed by atoms with Crippen molar-refractivity contribution in [2.75, 3.05) is 0 Å². The highest BCUT2D eigenvalue weighted by atomic mass is 16.7. The second kappa shape index (κ2) is 7.68. The Morgan fingerprint density at radius 2 is 1.50 bits per heavy atom. The summed E-state index contributed by atoms with van der Waals surface area (Å²) < 4.78 is 12.5. The average molecular weight is 399 g/mol. The summed E-state index contributed by atoms with van der Waals surface area (Å²) in [6, 6.07) is 25.3. The molecule has 4 heteroatoms. The molecule has 1 saturated heterocycles. The zero-order chi connectivity index (χ0) is 21.4. The summed E-state index contributed by atoms with van der Waals surface area (Å²) >= 11 is 0. The third kappa shape index (κ3) is 3.82. The van der Waals surface area contributed by atoms with Gasteiger partial charge in [-0.15, -0.1) is 0 Å². The highest BCUT2D eigenvalue weighted by molar-refractivity contribution is 6.62. The number of pyridine rings is 1. The minimum Gasteiger partial charge on any atom is -0.399 e. The largest absolute Gasteiger partial charge is 0.494 e. The van der Waals surface area contributed by atoms with Gasteiger partial charge < -0.3 is 9.31 Å². The molecule has 0 aliphatic carbocycles. The molecule has 30 heavy (non-hydrogen) atoms. The molecule has 1 aliphatic rings. The maximum Gasteiger partial charge on any atom is 0.494 e. The Morgan fingerprint density at radius 3 is 2.13 bits per heavy atom. The molecule has 1 atom stereocenters. The molecule has 0 saturated carbocycles. The van der Waals surface area contributed by atoms with Gasteiger partial charge in [-0.05, 0) is 69.8 Å². The van der Waals surface area contributed by atoms with Gasteiger partial charge in [-0.1, -0.05) is 60.7 Å². The SMILES string of the molecule is CC(Cc1cccc(B2OC(C)(C)C(C)(C)O2)c1)(c1ccccc1)c1ccccn1. The van der Waals surface area contributed by atoms with Crippen LogP contribution in [-0.2, 0) is 21.1 Å². The third-order valence-electron chi connectivity index (χ3n) is 6.68. The first kappa shape index (κ1) is 20.8. The van der Waals surface area contributed by atoms with Crippen molar-refractivity contribution in [1.29, 1.82) is 0 Å². The zero-order valence-electron chi connectivity index (χ0n) is 18.6. The molecule has 2 heterocycles. The normalized spacial score (nSPS) is 19.4. The minimum atomic E-state index is -0.354. The van der Waals surface area contributed by atoms with Crippen LogP contribution in [0.2, 0.25) is 0 Å². The first-order valence-electron chi connectivity index (χ1n) is 10.6. The van der Waals surface area contributed by atoms with Crippen LogP contribution in [-0.4, -0.2) is 23.3 Å². The fourth-order valence-electron chi connectivity index (χ4n) is 4.07. The van der Waals surface area contributed by atoms with Crippen LogP contribution in [0, 0.1) is 0 Å². The van der Waals surface area contributed by atoms with E-state index in [1.165, 1.54) is 11.1 Å². The molecular formula is C26H30BNO2. The van der Waals surface area contributed by atoms with E-state index < -0.39 is 0 Å². The summed E-state index contributed by atoms with van der Waals surface area (Å²) in [6.07, 6.45) is 2.71. The van der Waals surface area contributed by atoms with Gasteiger partial charge in [0.2, 0.25) is 0 Å². The molecule has 0 N–H and O–H groups in total. The monoisotopic (exact) mass is 399 g/mol. The molecule has 1 aliphatic heterocycles. The van der Waals surface area contributed by atoms with Crippen molar-refractivity contribution < 1.29 is 9.31 Å². The molecule has 0 radical (unpaired) electrons. The van der Waals surface area contributed by atoms with E-state index in [-0.39, 0.29) is 23.7 Å². The van der Waals surface area contributed by atoms with E-state index in [4.69, 9.17) is 14.3 Å². The Labute approximate surface area is 180 Å². The van der Waals surface area contributed by atoms with Gasteiger partial charge in [-0.25, -0.2) is 0 Å². The van der Waals surface area contributed by atoms with Crippen molar-refractivity contribution in [3.63, 3.8) is 0 Å². The summed E-state index contributed by atoms with van der Waals surface area (Å²) in [5.41, 5.74) is 3.68. The molecule has 0 spiro atoms. The number of benzene rings is 2. The summed E-state index contributed by atoms with van der Waals surface area (Å²) in [5, 5.41) is 0. The number of nitrogens with zero attached hydrogens (tertiary/aromatic N) is 1. The Hall–Kier alpha value is -2.43. The summed E-state index contributed by atoms with van der Waals surface area (Å²) in [4.78, 5) is 4.71. The lowest BCUT2D eigenvalue weighted by Gasteiger charge is -2.32. The van der Waals surface area contributed by atoms with E-state index in [1.807, 2.05) is 12.3 Å². The van der Waals surface area contributed by atoms with Crippen LogP contribution >= 0.6 is 0 Å². The predicted octanol–water partition coefficient (Wildman–Crippen LogP) is 4.93. The lowest BCUT2D eigenvalue weighted by Crippen LogP contribution is -2.41. The van der Waals surface area contributed by atoms with Crippen LogP contribution in [0.3, 0.4) is 0 Å². The van der Waals surface area contributed by atoms with Gasteiger partial charge >= 0.3 is 7.12 Å². The fourth-order valence-corrected chi connectivity index (χ4v) is 4.07. The summed E-state index contributed by atoms with van der Waals surface area (Å²) in [5.74, 6) is 0. The topological polar surface area (TPSA) is 31.4 Å². The highest BCUT2D eigenvalue weighted by Gasteiger charge is 2.51. The minimum absolute atomic E-state index is 0.239. The highest BCUT2D eigenvalue weighted by Crippen LogP contribution is 2.37. The Morgan fingerprint density at radius 1 is 0.833 bits per heavy atom. The second-order valence-electron chi connectivity index (χ2n) is 9.42. The maximum absolute atomic E-state index is 6.27. The van der Waals surface area contributed by atoms with Crippen LogP contribution in [0.4, 0.5) is 0 Å². The fraction of sp³-hybridized carbons (Fsp3) is 0.346. The van der Waals surface area contributed by atoms with Crippen LogP contribution in [0.1, 0.15) is 51.4 Å². The van der Waals surface area contributed by atoms with E-state index >= 15 is 0 Å². The Bertz CT molecular complexity index is 946. The molecule has 3 aromatic rings. The van der Waals surface area contributed by atoms with Crippen molar-refractivity contribution in [2.24, 2.45) is 0 Å². The molecule has 4 rings (SSSR count). The molecule has 1 aromatic heterocycles. The van der Waals surface area contributed by atoms with Gasteiger partial charge in [-0.2, -0.15) is 0 Å². The van der Waals surface area contributed by atoms with Gasteiger partial charge in [0.1, 0.15) is 0 Å². The lowest BCUT2D eigenvalue weighted by molar-refractivity contribution is 0.00578. The predicted molar refractivity (Wildman–Crippen MR) is 123 cm³/mol. The third-order valence-corrected chi connectivity index (χ3v) is 6.68. The Kier molecular flexibility index (Phi) is 5.33. The second-order valence-corrected chi connectivity index (χ2v) is 9.42. The maximum atomic E-state index is 6.27. The van der Waals surface area contributed by atoms with Crippen LogP contribution in [0.5, 0.6) is 0 Å². The number of aromatic nitrogens is 1. The molecule has 1 fully saturated rings. The standard InChI is InChI=1S/C26H30BNO2/c1-24(2)25(3,4)30-27(29-24)22-15-11-12-20(18-22)19-26(5,21-13-7-6-8-14-21)23-16-9-10-17-28-23/h6-18H,19H2,1-5H3. The molecule has 1 unspecified atom stereocenters. The van der Waals surface area contributed by atoms with E-state index in [9.17, 15) is 0 Å². The van der Waals surface area contributed by atoms with Crippen LogP contribution < -0.4 is 5.46 Å². The quantitative estimate of drug-likeness (QED) is 0.570. The van der Waals surface area contributed by atoms with Gasteiger partial charge in [0.25, 0.3) is 0 Å². The van der Waals surface area contributed by atoms with E-state index in [1.54, 1.807) is 0 Å². The summed E-state index contributed by atoms with van der Waals surface area (Å²) in [7, 11) is -0.354. The number of hydrogen-bond donors (Lipinski definition) is 0. The molecule has 0 bridgehead atoms. The van der Waals surface area contributed by atoms with Gasteiger partial charge in [0, 0.05) is 11.6 Å². The summed E-state index contributed by atoms with van der Waals surface area (Å²) in [6.45, 7) is 10.6. The van der Waals surface area contributed by atoms with Gasteiger partial charge in [0.05, 0.1) is 16.9 Å². The van der Waals surface area contributed by atoms with Crippen LogP contribution in [0.25, 0.3) is 0 Å². The van der Waals surface area contributed by atoms with Crippen LogP contribution in [0.15, 0.2) is 79.0 Å². The van der Waals surface area contributed by atoms with Crippen molar-refractivity contribution in [2.45, 2.75) is 57.7 Å². The van der Waals surface area contributed by atoms with E-state index in [0.29, 0.717) is 0 Å². The first-order valence-corrected chi connectivity index (χ1v) is 10.6. The van der Waals surface area contributed by atoms with Crippen molar-refractivity contribution in [1.82, 2.24) is 4.98 Å². The average Bonchev–Trinajstić information content (AvgIpc) is 2.96. The smallest absolute Gasteiger partial charge is 0.399 e. The van der Waals surface area contributed by atoms with Crippen molar-refractivity contribution in [3.8, 4) is 0 Å². The van der Waals surface area contributed by atoms with Gasteiger partial charge in [0.15, 0.2) is 0 Å². The number of rotatable bonds is 5. The van der Waals surface area contributed by atoms with E-state index in [0.717, 1.165) is 17.6 Å². The molecular weight excluding hydrogens is 369 g/mol. The molecule has 154 valence electrons. The zero-order valence-corrected chi connectivity index (χ0v) is 18.6. The lowest BCUT2D eigenvalue weighted by atomic mass is 9.72. The Balaban J connectivity index is 1.68. The van der Waals surface area contributed by atoms with Gasteiger partial charge in [-0.3, -0.25) is 4.98 Å². The first-order chi connectivity index (χ1) is 14.2. The van der Waals surface area contributed by atoms with Crippen molar-refractivity contribution in [3.05, 3.63) is 95.8 Å². The van der Waals surface area contributed by atoms with E-state index in [2.05, 4.69) is 101 Å². The van der Waals surface area contributed by atoms with Crippen molar-refractivity contribution >= 4 is 12.6 Å². The molecule has 0 amide bonds.